The molecule has 10 heteroatoms. The zero-order chi connectivity index (χ0) is 20.0. The van der Waals surface area contributed by atoms with E-state index in [1.54, 1.807) is 18.6 Å². The standard InChI is InChI=1S/C19H21ClN8O/c20-12-9-23-18-16(17(21)25-28(18)11-12)19(29)24-14-10-22-4-1-15(14)27-8-7-26-5-2-13(27)3-6-26/h1,4,9-11,13H,2-3,5-8H2,(H2,21,25)(H,24,29). The highest BCUT2D eigenvalue weighted by Gasteiger charge is 2.31. The van der Waals surface area contributed by atoms with Gasteiger partial charge in [-0.3, -0.25) is 9.78 Å². The number of hydrogen-bond acceptors (Lipinski definition) is 7. The molecule has 3 fully saturated rings. The lowest BCUT2D eigenvalue weighted by molar-refractivity contribution is 0.102. The quantitative estimate of drug-likeness (QED) is 0.676. The fraction of sp³-hybridized carbons (Fsp3) is 0.368. The van der Waals surface area contributed by atoms with Crippen LogP contribution < -0.4 is 16.0 Å². The molecule has 9 nitrogen and oxygen atoms in total. The number of carbonyl (C=O) groups excluding carboxylic acids is 1. The molecule has 3 aliphatic heterocycles. The first-order valence-corrected chi connectivity index (χ1v) is 10.0. The van der Waals surface area contributed by atoms with Gasteiger partial charge in [0.15, 0.2) is 11.5 Å². The van der Waals surface area contributed by atoms with E-state index >= 15 is 0 Å². The Morgan fingerprint density at radius 3 is 2.86 bits per heavy atom. The molecule has 0 aromatic carbocycles. The van der Waals surface area contributed by atoms with Crippen LogP contribution in [0.1, 0.15) is 23.2 Å². The molecule has 0 atom stereocenters. The molecule has 6 heterocycles. The van der Waals surface area contributed by atoms with Crippen LogP contribution in [0.15, 0.2) is 30.9 Å². The maximum absolute atomic E-state index is 13.1. The van der Waals surface area contributed by atoms with E-state index in [4.69, 9.17) is 17.3 Å². The van der Waals surface area contributed by atoms with Gasteiger partial charge in [0, 0.05) is 44.6 Å². The minimum atomic E-state index is -0.371. The fourth-order valence-electron chi connectivity index (χ4n) is 4.27. The Hall–Kier alpha value is -2.91. The first-order chi connectivity index (χ1) is 14.1. The molecule has 29 heavy (non-hydrogen) atoms. The Labute approximate surface area is 172 Å². The first kappa shape index (κ1) is 18.1. The number of nitrogen functional groups attached to an aromatic ring is 1. The number of nitrogens with two attached hydrogens (primary N) is 1. The van der Waals surface area contributed by atoms with Gasteiger partial charge in [-0.1, -0.05) is 11.6 Å². The van der Waals surface area contributed by atoms with Crippen LogP contribution in [-0.4, -0.2) is 62.6 Å². The second-order valence-corrected chi connectivity index (χ2v) is 7.85. The predicted molar refractivity (Wildman–Crippen MR) is 111 cm³/mol. The molecule has 0 saturated carbocycles. The van der Waals surface area contributed by atoms with Gasteiger partial charge in [0.2, 0.25) is 0 Å². The van der Waals surface area contributed by atoms with E-state index in [1.165, 1.54) is 10.7 Å². The second-order valence-electron chi connectivity index (χ2n) is 7.41. The van der Waals surface area contributed by atoms with Gasteiger partial charge in [-0.2, -0.15) is 0 Å². The van der Waals surface area contributed by atoms with Gasteiger partial charge in [0.1, 0.15) is 5.56 Å². The van der Waals surface area contributed by atoms with E-state index in [-0.39, 0.29) is 17.3 Å². The molecule has 1 amide bonds. The van der Waals surface area contributed by atoms with Crippen molar-refractivity contribution in [2.75, 3.05) is 42.1 Å². The average Bonchev–Trinajstić information content (AvgIpc) is 2.85. The Morgan fingerprint density at radius 2 is 2.03 bits per heavy atom. The molecular formula is C19H21ClN8O. The number of hydrogen-bond donors (Lipinski definition) is 2. The number of nitrogens with one attached hydrogen (secondary N) is 1. The maximum Gasteiger partial charge on any atom is 0.263 e. The van der Waals surface area contributed by atoms with Crippen LogP contribution in [0.25, 0.3) is 5.65 Å². The summed E-state index contributed by atoms with van der Waals surface area (Å²) in [5, 5.41) is 7.53. The highest BCUT2D eigenvalue weighted by atomic mass is 35.5. The summed E-state index contributed by atoms with van der Waals surface area (Å²) in [6, 6.07) is 2.43. The van der Waals surface area contributed by atoms with Gasteiger partial charge in [-0.25, -0.2) is 9.50 Å². The highest BCUT2D eigenvalue weighted by molar-refractivity contribution is 6.30. The molecular weight excluding hydrogens is 392 g/mol. The Balaban J connectivity index is 1.47. The van der Waals surface area contributed by atoms with Crippen LogP contribution in [0.4, 0.5) is 17.2 Å². The van der Waals surface area contributed by atoms with Crippen LogP contribution in [-0.2, 0) is 0 Å². The SMILES string of the molecule is Nc1nn2cc(Cl)cnc2c1C(=O)Nc1cnccc1N1CCN2CCC1CC2. The van der Waals surface area contributed by atoms with Crippen LogP contribution in [0.5, 0.6) is 0 Å². The van der Waals surface area contributed by atoms with Gasteiger partial charge in [0.25, 0.3) is 5.91 Å². The van der Waals surface area contributed by atoms with Crippen molar-refractivity contribution in [2.45, 2.75) is 18.9 Å². The van der Waals surface area contributed by atoms with Crippen molar-refractivity contribution in [3.63, 3.8) is 0 Å². The molecule has 3 saturated heterocycles. The molecule has 0 unspecified atom stereocenters. The third-order valence-corrected chi connectivity index (χ3v) is 5.90. The summed E-state index contributed by atoms with van der Waals surface area (Å²) in [6.45, 7) is 4.20. The number of carbonyl (C=O) groups is 1. The number of amides is 1. The van der Waals surface area contributed by atoms with E-state index in [0.29, 0.717) is 22.4 Å². The third-order valence-electron chi connectivity index (χ3n) is 5.71. The summed E-state index contributed by atoms with van der Waals surface area (Å²) in [5.41, 5.74) is 8.22. The summed E-state index contributed by atoms with van der Waals surface area (Å²) >= 11 is 5.96. The first-order valence-electron chi connectivity index (χ1n) is 9.64. The lowest BCUT2D eigenvalue weighted by Crippen LogP contribution is -2.38. The normalized spacial score (nSPS) is 21.3. The van der Waals surface area contributed by atoms with Crippen molar-refractivity contribution in [1.29, 1.82) is 0 Å². The monoisotopic (exact) mass is 412 g/mol. The van der Waals surface area contributed by atoms with Crippen LogP contribution in [0.2, 0.25) is 5.02 Å². The maximum atomic E-state index is 13.1. The highest BCUT2D eigenvalue weighted by Crippen LogP contribution is 2.32. The summed E-state index contributed by atoms with van der Waals surface area (Å²) in [5.74, 6) is -0.270. The number of pyridine rings is 1. The smallest absolute Gasteiger partial charge is 0.263 e. The lowest BCUT2D eigenvalue weighted by atomic mass is 10.0. The number of aromatic nitrogens is 4. The van der Waals surface area contributed by atoms with Crippen molar-refractivity contribution in [3.05, 3.63) is 41.4 Å². The number of halogens is 1. The van der Waals surface area contributed by atoms with Crippen molar-refractivity contribution in [3.8, 4) is 0 Å². The van der Waals surface area contributed by atoms with Gasteiger partial charge < -0.3 is 20.9 Å². The van der Waals surface area contributed by atoms with Crippen molar-refractivity contribution in [2.24, 2.45) is 0 Å². The van der Waals surface area contributed by atoms with Crippen LogP contribution in [0, 0.1) is 0 Å². The molecule has 3 aromatic rings. The minimum absolute atomic E-state index is 0.101. The Kier molecular flexibility index (Phi) is 4.48. The van der Waals surface area contributed by atoms with Crippen molar-refractivity contribution < 1.29 is 4.79 Å². The van der Waals surface area contributed by atoms with Gasteiger partial charge in [-0.15, -0.1) is 5.10 Å². The number of fused-ring (bicyclic) bond motifs is 5. The van der Waals surface area contributed by atoms with Gasteiger partial charge in [-0.05, 0) is 18.9 Å². The van der Waals surface area contributed by atoms with E-state index in [2.05, 4.69) is 30.2 Å². The molecule has 3 N–H and O–H groups in total. The summed E-state index contributed by atoms with van der Waals surface area (Å²) < 4.78 is 1.42. The van der Waals surface area contributed by atoms with E-state index < -0.39 is 0 Å². The molecule has 0 spiro atoms. The zero-order valence-corrected chi connectivity index (χ0v) is 16.5. The molecule has 150 valence electrons. The number of nitrogens with zero attached hydrogens (tertiary/aromatic N) is 6. The lowest BCUT2D eigenvalue weighted by Gasteiger charge is -2.34. The average molecular weight is 413 g/mol. The summed E-state index contributed by atoms with van der Waals surface area (Å²) in [6.07, 6.45) is 8.72. The third kappa shape index (κ3) is 3.26. The van der Waals surface area contributed by atoms with Crippen LogP contribution >= 0.6 is 11.6 Å². The Bertz CT molecular complexity index is 1080. The molecule has 0 aliphatic carbocycles. The van der Waals surface area contributed by atoms with E-state index in [1.807, 2.05) is 6.07 Å². The van der Waals surface area contributed by atoms with Gasteiger partial charge in [0.05, 0.1) is 28.8 Å². The molecule has 2 bridgehead atoms. The van der Waals surface area contributed by atoms with Crippen molar-refractivity contribution in [1.82, 2.24) is 24.5 Å². The Morgan fingerprint density at radius 1 is 1.21 bits per heavy atom. The second kappa shape index (κ2) is 7.16. The molecule has 0 radical (unpaired) electrons. The largest absolute Gasteiger partial charge is 0.381 e. The predicted octanol–water partition coefficient (Wildman–Crippen LogP) is 1.90. The molecule has 3 aromatic heterocycles. The van der Waals surface area contributed by atoms with E-state index in [9.17, 15) is 4.79 Å². The zero-order valence-electron chi connectivity index (χ0n) is 15.8. The number of rotatable bonds is 3. The minimum Gasteiger partial charge on any atom is -0.381 e. The van der Waals surface area contributed by atoms with E-state index in [0.717, 1.165) is 44.7 Å². The number of anilines is 3. The summed E-state index contributed by atoms with van der Waals surface area (Å²) in [4.78, 5) is 26.4. The topological polar surface area (TPSA) is 105 Å². The van der Waals surface area contributed by atoms with Crippen molar-refractivity contribution >= 4 is 40.3 Å². The number of piperidine rings is 1. The molecule has 3 aliphatic rings. The van der Waals surface area contributed by atoms with Gasteiger partial charge >= 0.3 is 0 Å². The summed E-state index contributed by atoms with van der Waals surface area (Å²) in [7, 11) is 0. The molecule has 6 rings (SSSR count). The fourth-order valence-corrected chi connectivity index (χ4v) is 4.41. The van der Waals surface area contributed by atoms with Crippen LogP contribution in [0.3, 0.4) is 0 Å².